The molecule has 2 atom stereocenters. The highest BCUT2D eigenvalue weighted by Crippen LogP contribution is 2.30. The first-order valence-electron chi connectivity index (χ1n) is 7.57. The van der Waals surface area contributed by atoms with Crippen molar-refractivity contribution in [2.75, 3.05) is 12.4 Å². The zero-order valence-corrected chi connectivity index (χ0v) is 14.3. The average molecular weight is 330 g/mol. The molecule has 2 unspecified atom stereocenters. The van der Waals surface area contributed by atoms with Gasteiger partial charge in [0.15, 0.2) is 0 Å². The predicted octanol–water partition coefficient (Wildman–Crippen LogP) is 3.63. The van der Waals surface area contributed by atoms with Crippen LogP contribution < -0.4 is 4.72 Å². The Balaban J connectivity index is 2.07. The van der Waals surface area contributed by atoms with Crippen LogP contribution in [0.5, 0.6) is 0 Å². The third kappa shape index (κ3) is 4.21. The molecule has 1 aromatic rings. The first-order chi connectivity index (χ1) is 9.94. The summed E-state index contributed by atoms with van der Waals surface area (Å²) in [7, 11) is -3.43. The van der Waals surface area contributed by atoms with Gasteiger partial charge in [-0.3, -0.25) is 0 Å². The lowest BCUT2D eigenvalue weighted by molar-refractivity contribution is 0.260. The van der Waals surface area contributed by atoms with E-state index in [1.807, 2.05) is 26.0 Å². The van der Waals surface area contributed by atoms with Crippen LogP contribution in [0.2, 0.25) is 0 Å². The Morgan fingerprint density at radius 1 is 1.19 bits per heavy atom. The Labute approximate surface area is 133 Å². The molecule has 0 bridgehead atoms. The molecule has 0 aliphatic heterocycles. The van der Waals surface area contributed by atoms with E-state index in [1.54, 1.807) is 6.07 Å². The van der Waals surface area contributed by atoms with Gasteiger partial charge in [0, 0.05) is 12.4 Å². The van der Waals surface area contributed by atoms with Gasteiger partial charge in [-0.05, 0) is 50.2 Å². The molecule has 2 rings (SSSR count). The lowest BCUT2D eigenvalue weighted by atomic mass is 9.80. The standard InChI is InChI=1S/C16H24ClNO2S/c1-12-7-8-16(13(2)9-12)21(19,20)18-11-15-6-4-3-5-14(15)10-17/h7-9,14-15,18H,3-6,10-11H2,1-2H3. The molecule has 1 N–H and O–H groups in total. The topological polar surface area (TPSA) is 46.2 Å². The van der Waals surface area contributed by atoms with Gasteiger partial charge in [0.2, 0.25) is 10.0 Å². The Bertz CT molecular complexity index is 586. The van der Waals surface area contributed by atoms with Gasteiger partial charge in [-0.15, -0.1) is 11.6 Å². The molecule has 5 heteroatoms. The summed E-state index contributed by atoms with van der Waals surface area (Å²) in [4.78, 5) is 0.381. The maximum atomic E-state index is 12.5. The number of nitrogens with one attached hydrogen (secondary N) is 1. The monoisotopic (exact) mass is 329 g/mol. The van der Waals surface area contributed by atoms with E-state index in [0.717, 1.165) is 24.0 Å². The van der Waals surface area contributed by atoms with Gasteiger partial charge in [0.1, 0.15) is 0 Å². The Morgan fingerprint density at radius 3 is 2.48 bits per heavy atom. The number of aryl methyl sites for hydroxylation is 2. The highest BCUT2D eigenvalue weighted by molar-refractivity contribution is 7.89. The first kappa shape index (κ1) is 16.8. The fraction of sp³-hybridized carbons (Fsp3) is 0.625. The summed E-state index contributed by atoms with van der Waals surface area (Å²) in [5.41, 5.74) is 1.86. The van der Waals surface area contributed by atoms with Crippen molar-refractivity contribution in [1.29, 1.82) is 0 Å². The minimum atomic E-state index is -3.43. The number of sulfonamides is 1. The SMILES string of the molecule is Cc1ccc(S(=O)(=O)NCC2CCCCC2CCl)c(C)c1. The van der Waals surface area contributed by atoms with Crippen LogP contribution in [-0.2, 0) is 10.0 Å². The Kier molecular flexibility index (Phi) is 5.69. The minimum absolute atomic E-state index is 0.358. The third-order valence-corrected chi connectivity index (χ3v) is 6.40. The minimum Gasteiger partial charge on any atom is -0.211 e. The van der Waals surface area contributed by atoms with Gasteiger partial charge in [-0.2, -0.15) is 0 Å². The van der Waals surface area contributed by atoms with Gasteiger partial charge < -0.3 is 0 Å². The van der Waals surface area contributed by atoms with Gasteiger partial charge in [0.25, 0.3) is 0 Å². The molecule has 118 valence electrons. The molecule has 0 heterocycles. The molecule has 21 heavy (non-hydrogen) atoms. The molecule has 0 radical (unpaired) electrons. The second-order valence-corrected chi connectivity index (χ2v) is 8.12. The van der Waals surface area contributed by atoms with E-state index in [4.69, 9.17) is 11.6 Å². The lowest BCUT2D eigenvalue weighted by Gasteiger charge is -2.30. The van der Waals surface area contributed by atoms with Crippen LogP contribution in [0.3, 0.4) is 0 Å². The second-order valence-electron chi connectivity index (χ2n) is 6.08. The second kappa shape index (κ2) is 7.12. The van der Waals surface area contributed by atoms with Crippen LogP contribution in [0.1, 0.15) is 36.8 Å². The maximum Gasteiger partial charge on any atom is 0.240 e. The maximum absolute atomic E-state index is 12.5. The number of alkyl halides is 1. The largest absolute Gasteiger partial charge is 0.240 e. The van der Waals surface area contributed by atoms with E-state index in [0.29, 0.717) is 29.2 Å². The van der Waals surface area contributed by atoms with Gasteiger partial charge in [0.05, 0.1) is 4.90 Å². The number of halogens is 1. The molecule has 0 amide bonds. The summed E-state index contributed by atoms with van der Waals surface area (Å²) < 4.78 is 27.7. The number of hydrogen-bond donors (Lipinski definition) is 1. The number of benzene rings is 1. The molecule has 0 aromatic heterocycles. The molecule has 1 fully saturated rings. The fourth-order valence-corrected chi connectivity index (χ4v) is 4.88. The highest BCUT2D eigenvalue weighted by atomic mass is 35.5. The van der Waals surface area contributed by atoms with Crippen molar-refractivity contribution in [2.45, 2.75) is 44.4 Å². The highest BCUT2D eigenvalue weighted by Gasteiger charge is 2.26. The molecule has 1 aromatic carbocycles. The van der Waals surface area contributed by atoms with E-state index in [9.17, 15) is 8.42 Å². The Morgan fingerprint density at radius 2 is 1.86 bits per heavy atom. The number of hydrogen-bond acceptors (Lipinski definition) is 2. The molecular weight excluding hydrogens is 306 g/mol. The molecule has 0 spiro atoms. The quantitative estimate of drug-likeness (QED) is 0.838. The zero-order valence-electron chi connectivity index (χ0n) is 12.7. The van der Waals surface area contributed by atoms with Crippen molar-refractivity contribution >= 4 is 21.6 Å². The molecule has 1 saturated carbocycles. The summed E-state index contributed by atoms with van der Waals surface area (Å²) in [6.45, 7) is 4.29. The van der Waals surface area contributed by atoms with Gasteiger partial charge in [-0.25, -0.2) is 13.1 Å². The predicted molar refractivity (Wildman–Crippen MR) is 87.3 cm³/mol. The van der Waals surface area contributed by atoms with E-state index in [1.165, 1.54) is 12.8 Å². The van der Waals surface area contributed by atoms with E-state index >= 15 is 0 Å². The van der Waals surface area contributed by atoms with Crippen molar-refractivity contribution in [3.8, 4) is 0 Å². The third-order valence-electron chi connectivity index (χ3n) is 4.42. The smallest absolute Gasteiger partial charge is 0.211 e. The van der Waals surface area contributed by atoms with Crippen LogP contribution in [-0.4, -0.2) is 20.8 Å². The van der Waals surface area contributed by atoms with Gasteiger partial charge >= 0.3 is 0 Å². The summed E-state index contributed by atoms with van der Waals surface area (Å²) in [5.74, 6) is 1.41. The van der Waals surface area contributed by atoms with Crippen LogP contribution in [0.25, 0.3) is 0 Å². The molecule has 1 aliphatic carbocycles. The summed E-state index contributed by atoms with van der Waals surface area (Å²) in [6.07, 6.45) is 4.55. The van der Waals surface area contributed by atoms with Crippen molar-refractivity contribution in [1.82, 2.24) is 4.72 Å². The molecule has 0 saturated heterocycles. The molecule has 3 nitrogen and oxygen atoms in total. The summed E-state index contributed by atoms with van der Waals surface area (Å²) >= 11 is 6.01. The van der Waals surface area contributed by atoms with E-state index in [-0.39, 0.29) is 0 Å². The molecular formula is C16H24ClNO2S. The van der Waals surface area contributed by atoms with Crippen LogP contribution in [0, 0.1) is 25.7 Å². The number of rotatable bonds is 5. The first-order valence-corrected chi connectivity index (χ1v) is 9.58. The van der Waals surface area contributed by atoms with Crippen LogP contribution in [0.4, 0.5) is 0 Å². The van der Waals surface area contributed by atoms with Crippen molar-refractivity contribution in [3.05, 3.63) is 29.3 Å². The van der Waals surface area contributed by atoms with Crippen LogP contribution in [0.15, 0.2) is 23.1 Å². The summed E-state index contributed by atoms with van der Waals surface area (Å²) in [5, 5.41) is 0. The average Bonchev–Trinajstić information content (AvgIpc) is 2.45. The van der Waals surface area contributed by atoms with Crippen LogP contribution >= 0.6 is 11.6 Å². The van der Waals surface area contributed by atoms with E-state index in [2.05, 4.69) is 4.72 Å². The van der Waals surface area contributed by atoms with Gasteiger partial charge in [-0.1, -0.05) is 30.5 Å². The van der Waals surface area contributed by atoms with Crippen molar-refractivity contribution < 1.29 is 8.42 Å². The Hall–Kier alpha value is -0.580. The van der Waals surface area contributed by atoms with Crippen molar-refractivity contribution in [3.63, 3.8) is 0 Å². The van der Waals surface area contributed by atoms with Crippen molar-refractivity contribution in [2.24, 2.45) is 11.8 Å². The fourth-order valence-electron chi connectivity index (χ4n) is 3.15. The zero-order chi connectivity index (χ0) is 15.5. The normalized spacial score (nSPS) is 23.2. The molecule has 1 aliphatic rings. The summed E-state index contributed by atoms with van der Waals surface area (Å²) in [6, 6.07) is 5.42. The van der Waals surface area contributed by atoms with E-state index < -0.39 is 10.0 Å². The lowest BCUT2D eigenvalue weighted by Crippen LogP contribution is -2.35.